The molecule has 0 radical (unpaired) electrons. The minimum absolute atomic E-state index is 0.0770. The van der Waals surface area contributed by atoms with Gasteiger partial charge in [-0.2, -0.15) is 0 Å². The van der Waals surface area contributed by atoms with Crippen LogP contribution in [-0.2, 0) is 9.84 Å². The molecular formula is C13H18ClNO4S. The summed E-state index contributed by atoms with van der Waals surface area (Å²) in [6.07, 6.45) is 1.03. The molecule has 0 aliphatic carbocycles. The Morgan fingerprint density at radius 2 is 1.95 bits per heavy atom. The van der Waals surface area contributed by atoms with E-state index >= 15 is 0 Å². The number of benzene rings is 1. The number of carbonyl (C=O) groups excluding carboxylic acids is 1. The number of nitrogens with zero attached hydrogens (tertiary/aromatic N) is 1. The second-order valence-corrected chi connectivity index (χ2v) is 7.64. The quantitative estimate of drug-likeness (QED) is 0.914. The Hall–Kier alpha value is -1.11. The average molecular weight is 320 g/mol. The summed E-state index contributed by atoms with van der Waals surface area (Å²) in [5.74, 6) is -0.384. The highest BCUT2D eigenvalue weighted by atomic mass is 35.5. The second kappa shape index (κ2) is 5.71. The molecule has 1 aromatic carbocycles. The van der Waals surface area contributed by atoms with Crippen molar-refractivity contribution in [1.82, 2.24) is 4.90 Å². The molecule has 0 heterocycles. The van der Waals surface area contributed by atoms with Gasteiger partial charge in [-0.25, -0.2) is 8.42 Å². The summed E-state index contributed by atoms with van der Waals surface area (Å²) in [5, 5.41) is 9.35. The van der Waals surface area contributed by atoms with Crippen LogP contribution in [0.1, 0.15) is 24.2 Å². The predicted molar refractivity (Wildman–Crippen MR) is 77.8 cm³/mol. The number of rotatable bonds is 4. The van der Waals surface area contributed by atoms with Crippen molar-refractivity contribution >= 4 is 27.3 Å². The summed E-state index contributed by atoms with van der Waals surface area (Å²) in [6.45, 7) is 3.21. The Labute approximate surface area is 124 Å². The summed E-state index contributed by atoms with van der Waals surface area (Å²) in [4.78, 5) is 13.6. The van der Waals surface area contributed by atoms with Gasteiger partial charge >= 0.3 is 0 Å². The van der Waals surface area contributed by atoms with Gasteiger partial charge in [0.2, 0.25) is 0 Å². The topological polar surface area (TPSA) is 74.7 Å². The molecule has 1 rings (SSSR count). The summed E-state index contributed by atoms with van der Waals surface area (Å²) in [6, 6.07) is 4.10. The van der Waals surface area contributed by atoms with Crippen molar-refractivity contribution in [3.8, 4) is 0 Å². The molecule has 0 aliphatic heterocycles. The maximum Gasteiger partial charge on any atom is 0.254 e. The van der Waals surface area contributed by atoms with Crippen molar-refractivity contribution in [3.05, 3.63) is 28.8 Å². The van der Waals surface area contributed by atoms with E-state index in [9.17, 15) is 18.3 Å². The van der Waals surface area contributed by atoms with Crippen molar-refractivity contribution in [2.24, 2.45) is 0 Å². The fourth-order valence-corrected chi connectivity index (χ4v) is 2.80. The largest absolute Gasteiger partial charge is 0.394 e. The molecule has 7 heteroatoms. The monoisotopic (exact) mass is 319 g/mol. The first kappa shape index (κ1) is 16.9. The van der Waals surface area contributed by atoms with E-state index in [-0.39, 0.29) is 28.0 Å². The van der Waals surface area contributed by atoms with Gasteiger partial charge < -0.3 is 10.0 Å². The van der Waals surface area contributed by atoms with Crippen LogP contribution in [0.15, 0.2) is 23.1 Å². The number of hydrogen-bond donors (Lipinski definition) is 1. The minimum atomic E-state index is -3.51. The van der Waals surface area contributed by atoms with Crippen LogP contribution >= 0.6 is 11.6 Å². The average Bonchev–Trinajstić information content (AvgIpc) is 2.36. The number of hydrogen-bond acceptors (Lipinski definition) is 4. The normalized spacial score (nSPS) is 12.3. The molecule has 0 spiro atoms. The van der Waals surface area contributed by atoms with E-state index in [2.05, 4.69) is 0 Å². The number of carbonyl (C=O) groups is 1. The lowest BCUT2D eigenvalue weighted by Crippen LogP contribution is -2.47. The van der Waals surface area contributed by atoms with Crippen molar-refractivity contribution in [1.29, 1.82) is 0 Å². The SMILES string of the molecule is CN(C(=O)c1ccc(Cl)c(S(C)(=O)=O)c1)C(C)(C)CO. The number of sulfone groups is 1. The molecule has 0 unspecified atom stereocenters. The predicted octanol–water partition coefficient (Wildman–Crippen LogP) is 1.59. The van der Waals surface area contributed by atoms with Crippen LogP contribution in [0.25, 0.3) is 0 Å². The zero-order valence-corrected chi connectivity index (χ0v) is 13.4. The second-order valence-electron chi connectivity index (χ2n) is 5.25. The first-order valence-electron chi connectivity index (χ1n) is 5.89. The van der Waals surface area contributed by atoms with Crippen LogP contribution in [0, 0.1) is 0 Å². The van der Waals surface area contributed by atoms with Crippen molar-refractivity contribution in [2.45, 2.75) is 24.3 Å². The maximum absolute atomic E-state index is 12.3. The van der Waals surface area contributed by atoms with Crippen molar-refractivity contribution in [3.63, 3.8) is 0 Å². The molecule has 0 aliphatic rings. The molecule has 1 amide bonds. The summed E-state index contributed by atoms with van der Waals surface area (Å²) < 4.78 is 23.2. The van der Waals surface area contributed by atoms with Gasteiger partial charge in [0.15, 0.2) is 9.84 Å². The molecule has 0 bridgehead atoms. The Kier molecular flexibility index (Phi) is 4.84. The lowest BCUT2D eigenvalue weighted by atomic mass is 10.0. The van der Waals surface area contributed by atoms with Gasteiger partial charge in [0.25, 0.3) is 5.91 Å². The zero-order chi connectivity index (χ0) is 15.7. The molecule has 1 aromatic rings. The third-order valence-corrected chi connectivity index (χ3v) is 4.76. The van der Waals surface area contributed by atoms with E-state index < -0.39 is 15.4 Å². The van der Waals surface area contributed by atoms with E-state index in [1.54, 1.807) is 20.9 Å². The molecule has 0 saturated carbocycles. The fourth-order valence-electron chi connectivity index (χ4n) is 1.50. The molecule has 0 atom stereocenters. The Morgan fingerprint density at radius 1 is 1.40 bits per heavy atom. The molecule has 1 N–H and O–H groups in total. The van der Waals surface area contributed by atoms with Gasteiger partial charge in [-0.05, 0) is 32.0 Å². The van der Waals surface area contributed by atoms with E-state index in [1.165, 1.54) is 23.1 Å². The van der Waals surface area contributed by atoms with E-state index in [4.69, 9.17) is 11.6 Å². The summed E-state index contributed by atoms with van der Waals surface area (Å²) >= 11 is 5.84. The Bertz CT molecular complexity index is 625. The summed E-state index contributed by atoms with van der Waals surface area (Å²) in [7, 11) is -1.96. The van der Waals surface area contributed by atoms with Gasteiger partial charge in [-0.3, -0.25) is 4.79 Å². The van der Waals surface area contributed by atoms with Gasteiger partial charge in [0.1, 0.15) is 0 Å². The van der Waals surface area contributed by atoms with Crippen LogP contribution in [0.4, 0.5) is 0 Å². The van der Waals surface area contributed by atoms with Crippen LogP contribution in [0.3, 0.4) is 0 Å². The van der Waals surface area contributed by atoms with Gasteiger partial charge in [-0.15, -0.1) is 0 Å². The minimum Gasteiger partial charge on any atom is -0.394 e. The third kappa shape index (κ3) is 3.50. The Morgan fingerprint density at radius 3 is 2.40 bits per heavy atom. The zero-order valence-electron chi connectivity index (χ0n) is 11.8. The third-order valence-electron chi connectivity index (χ3n) is 3.18. The highest BCUT2D eigenvalue weighted by molar-refractivity contribution is 7.90. The number of aliphatic hydroxyl groups is 1. The van der Waals surface area contributed by atoms with Gasteiger partial charge in [0.05, 0.1) is 22.1 Å². The summed E-state index contributed by atoms with van der Waals surface area (Å²) in [5.41, 5.74) is -0.541. The van der Waals surface area contributed by atoms with Gasteiger partial charge in [0, 0.05) is 18.9 Å². The van der Waals surface area contributed by atoms with Gasteiger partial charge in [-0.1, -0.05) is 11.6 Å². The molecule has 20 heavy (non-hydrogen) atoms. The van der Waals surface area contributed by atoms with E-state index in [1.807, 2.05) is 0 Å². The number of amides is 1. The number of halogens is 1. The van der Waals surface area contributed by atoms with E-state index in [0.29, 0.717) is 0 Å². The number of likely N-dealkylation sites (N-methyl/N-ethyl adjacent to an activating group) is 1. The molecular weight excluding hydrogens is 302 g/mol. The van der Waals surface area contributed by atoms with Crippen molar-refractivity contribution < 1.29 is 18.3 Å². The highest BCUT2D eigenvalue weighted by Gasteiger charge is 2.28. The first-order valence-corrected chi connectivity index (χ1v) is 8.16. The highest BCUT2D eigenvalue weighted by Crippen LogP contribution is 2.24. The van der Waals surface area contributed by atoms with Crippen molar-refractivity contribution in [2.75, 3.05) is 19.9 Å². The van der Waals surface area contributed by atoms with Crippen LogP contribution in [0.5, 0.6) is 0 Å². The first-order chi connectivity index (χ1) is 9.00. The molecule has 112 valence electrons. The standard InChI is InChI=1S/C13H18ClNO4S/c1-13(2,8-16)15(3)12(17)9-5-6-10(14)11(7-9)20(4,18)19/h5-7,16H,8H2,1-4H3. The van der Waals surface area contributed by atoms with Crippen LogP contribution in [0.2, 0.25) is 5.02 Å². The Balaban J connectivity index is 3.26. The molecule has 0 fully saturated rings. The maximum atomic E-state index is 12.3. The number of aliphatic hydroxyl groups excluding tert-OH is 1. The lowest BCUT2D eigenvalue weighted by Gasteiger charge is -2.34. The smallest absolute Gasteiger partial charge is 0.254 e. The fraction of sp³-hybridized carbons (Fsp3) is 0.462. The lowest BCUT2D eigenvalue weighted by molar-refractivity contribution is 0.0473. The molecule has 5 nitrogen and oxygen atoms in total. The molecule has 0 saturated heterocycles. The molecule has 0 aromatic heterocycles. The van der Waals surface area contributed by atoms with Crippen LogP contribution in [-0.4, -0.2) is 49.8 Å². The van der Waals surface area contributed by atoms with E-state index in [0.717, 1.165) is 6.26 Å². The van der Waals surface area contributed by atoms with Crippen LogP contribution < -0.4 is 0 Å².